The molecule has 3 rings (SSSR count). The monoisotopic (exact) mass is 477 g/mol. The number of hydrogen-bond acceptors (Lipinski definition) is 7. The minimum absolute atomic E-state index is 0.0164. The van der Waals surface area contributed by atoms with E-state index in [9.17, 15) is 13.2 Å². The van der Waals surface area contributed by atoms with Gasteiger partial charge in [-0.15, -0.1) is 10.2 Å². The topological polar surface area (TPSA) is 115 Å². The predicted octanol–water partition coefficient (Wildman–Crippen LogP) is 2.87. The molecule has 0 spiro atoms. The quantitative estimate of drug-likeness (QED) is 0.436. The van der Waals surface area contributed by atoms with Crippen molar-refractivity contribution in [2.75, 3.05) is 22.5 Å². The molecule has 3 aromatic rings. The minimum atomic E-state index is -3.90. The number of hydrogen-bond donors (Lipinski definition) is 2. The van der Waals surface area contributed by atoms with E-state index in [-0.39, 0.29) is 6.10 Å². The zero-order chi connectivity index (χ0) is 23.1. The van der Waals surface area contributed by atoms with Crippen molar-refractivity contribution in [1.82, 2.24) is 19.9 Å². The Morgan fingerprint density at radius 1 is 1.16 bits per heavy atom. The van der Waals surface area contributed by atoms with Crippen molar-refractivity contribution >= 4 is 39.0 Å². The van der Waals surface area contributed by atoms with Crippen molar-refractivity contribution < 1.29 is 17.9 Å². The van der Waals surface area contributed by atoms with E-state index >= 15 is 0 Å². The summed E-state index contributed by atoms with van der Waals surface area (Å²) in [6.45, 7) is 3.81. The molecule has 2 heterocycles. The highest BCUT2D eigenvalue weighted by atomic mass is 32.2. The maximum absolute atomic E-state index is 12.6. The lowest BCUT2D eigenvalue weighted by Crippen LogP contribution is -2.36. The van der Waals surface area contributed by atoms with Crippen molar-refractivity contribution in [2.24, 2.45) is 0 Å². The van der Waals surface area contributed by atoms with Crippen molar-refractivity contribution in [3.63, 3.8) is 0 Å². The molecule has 0 saturated heterocycles. The first-order valence-electron chi connectivity index (χ1n) is 10.1. The van der Waals surface area contributed by atoms with Crippen LogP contribution in [0.1, 0.15) is 32.1 Å². The Bertz CT molecular complexity index is 1150. The highest BCUT2D eigenvalue weighted by Crippen LogP contribution is 2.20. The van der Waals surface area contributed by atoms with Gasteiger partial charge >= 0.3 is 0 Å². The molecule has 0 fully saturated rings. The van der Waals surface area contributed by atoms with Crippen molar-refractivity contribution in [3.8, 4) is 5.75 Å². The molecule has 0 bridgehead atoms. The highest BCUT2D eigenvalue weighted by Gasteiger charge is 2.23. The van der Waals surface area contributed by atoms with Crippen LogP contribution in [0.3, 0.4) is 0 Å². The molecule has 1 atom stereocenters. The summed E-state index contributed by atoms with van der Waals surface area (Å²) in [4.78, 5) is 12.6. The lowest BCUT2D eigenvalue weighted by Gasteiger charge is -2.17. The summed E-state index contributed by atoms with van der Waals surface area (Å²) < 4.78 is 34.8. The van der Waals surface area contributed by atoms with Crippen LogP contribution in [-0.4, -0.2) is 52.8 Å². The third-order valence-electron chi connectivity index (χ3n) is 4.42. The van der Waals surface area contributed by atoms with Crippen LogP contribution >= 0.6 is 11.8 Å². The lowest BCUT2D eigenvalue weighted by atomic mass is 10.2. The van der Waals surface area contributed by atoms with Gasteiger partial charge in [0.05, 0.1) is 12.1 Å². The van der Waals surface area contributed by atoms with Crippen molar-refractivity contribution in [3.05, 3.63) is 54.5 Å². The van der Waals surface area contributed by atoms with Gasteiger partial charge in [0.2, 0.25) is 15.9 Å². The number of fused-ring (bicyclic) bond motifs is 1. The van der Waals surface area contributed by atoms with Crippen LogP contribution in [0.15, 0.2) is 48.7 Å². The van der Waals surface area contributed by atoms with Gasteiger partial charge in [-0.1, -0.05) is 6.07 Å². The Morgan fingerprint density at radius 3 is 2.59 bits per heavy atom. The van der Waals surface area contributed by atoms with E-state index in [4.69, 9.17) is 4.74 Å². The maximum Gasteiger partial charge on any atom is 0.241 e. The van der Waals surface area contributed by atoms with E-state index in [1.165, 1.54) is 0 Å². The number of pyridine rings is 1. The van der Waals surface area contributed by atoms with E-state index in [1.807, 2.05) is 44.5 Å². The summed E-state index contributed by atoms with van der Waals surface area (Å²) in [6, 6.07) is 11.6. The average Bonchev–Trinajstić information content (AvgIpc) is 3.15. The van der Waals surface area contributed by atoms with E-state index in [0.717, 1.165) is 5.75 Å². The zero-order valence-electron chi connectivity index (χ0n) is 18.2. The second-order valence-corrected chi connectivity index (χ2v) is 10.1. The van der Waals surface area contributed by atoms with Crippen LogP contribution in [0.4, 0.5) is 5.69 Å². The molecule has 32 heavy (non-hydrogen) atoms. The Balaban J connectivity index is 1.67. The fraction of sp³-hybridized carbons (Fsp3) is 0.381. The predicted molar refractivity (Wildman–Crippen MR) is 126 cm³/mol. The third kappa shape index (κ3) is 6.60. The van der Waals surface area contributed by atoms with Crippen LogP contribution in [0.25, 0.3) is 5.65 Å². The summed E-state index contributed by atoms with van der Waals surface area (Å²) in [5.74, 6) is 0.648. The SMILES string of the molecule is CSCCC(NC(=O)CS(=O)(=O)Nc1ccc(OC(C)C)cc1)c1nnc2ccccn12. The van der Waals surface area contributed by atoms with Gasteiger partial charge in [-0.3, -0.25) is 13.9 Å². The molecular formula is C21H27N5O4S2. The first-order valence-corrected chi connectivity index (χ1v) is 13.2. The second-order valence-electron chi connectivity index (χ2n) is 7.44. The standard InChI is InChI=1S/C21H27N5O4S2/c1-15(2)30-17-9-7-16(8-10-17)25-32(28,29)14-20(27)22-18(11-13-31-3)21-24-23-19-6-4-5-12-26(19)21/h4-10,12,15,18,25H,11,13-14H2,1-3H3,(H,22,27). The molecule has 1 amide bonds. The van der Waals surface area contributed by atoms with Gasteiger partial charge in [0.15, 0.2) is 11.5 Å². The third-order valence-corrected chi connectivity index (χ3v) is 6.25. The number of aromatic nitrogens is 3. The molecule has 172 valence electrons. The lowest BCUT2D eigenvalue weighted by molar-refractivity contribution is -0.119. The molecule has 0 aliphatic carbocycles. The van der Waals surface area contributed by atoms with Gasteiger partial charge in [0.1, 0.15) is 11.5 Å². The number of nitrogens with one attached hydrogen (secondary N) is 2. The van der Waals surface area contributed by atoms with E-state index in [2.05, 4.69) is 20.2 Å². The smallest absolute Gasteiger partial charge is 0.241 e. The van der Waals surface area contributed by atoms with Gasteiger partial charge in [-0.2, -0.15) is 11.8 Å². The Labute approximate surface area is 192 Å². The van der Waals surface area contributed by atoms with E-state index < -0.39 is 27.7 Å². The molecule has 0 saturated carbocycles. The Hall–Kier alpha value is -2.79. The number of carbonyl (C=O) groups excluding carboxylic acids is 1. The van der Waals surface area contributed by atoms with Crippen LogP contribution in [-0.2, 0) is 14.8 Å². The van der Waals surface area contributed by atoms with E-state index in [0.29, 0.717) is 29.3 Å². The van der Waals surface area contributed by atoms with Gasteiger partial charge in [0, 0.05) is 11.9 Å². The number of anilines is 1. The molecular weight excluding hydrogens is 450 g/mol. The molecule has 1 unspecified atom stereocenters. The number of sulfonamides is 1. The number of carbonyl (C=O) groups is 1. The molecule has 2 N–H and O–H groups in total. The van der Waals surface area contributed by atoms with Gasteiger partial charge in [-0.05, 0) is 68.7 Å². The van der Waals surface area contributed by atoms with Gasteiger partial charge in [-0.25, -0.2) is 8.42 Å². The van der Waals surface area contributed by atoms with Crippen LogP contribution < -0.4 is 14.8 Å². The largest absolute Gasteiger partial charge is 0.491 e. The second kappa shape index (κ2) is 10.7. The summed E-state index contributed by atoms with van der Waals surface area (Å²) in [7, 11) is -3.90. The summed E-state index contributed by atoms with van der Waals surface area (Å²) in [5.41, 5.74) is 1.02. The first-order chi connectivity index (χ1) is 15.3. The zero-order valence-corrected chi connectivity index (χ0v) is 19.8. The summed E-state index contributed by atoms with van der Waals surface area (Å²) >= 11 is 1.63. The number of rotatable bonds is 11. The number of ether oxygens (including phenoxy) is 1. The Morgan fingerprint density at radius 2 is 1.91 bits per heavy atom. The fourth-order valence-electron chi connectivity index (χ4n) is 3.10. The molecule has 0 radical (unpaired) electrons. The number of amides is 1. The fourth-order valence-corrected chi connectivity index (χ4v) is 4.56. The first kappa shape index (κ1) is 23.9. The van der Waals surface area contributed by atoms with Crippen molar-refractivity contribution in [1.29, 1.82) is 0 Å². The molecule has 2 aromatic heterocycles. The molecule has 11 heteroatoms. The normalized spacial score (nSPS) is 12.6. The Kier molecular flexibility index (Phi) is 7.97. The maximum atomic E-state index is 12.6. The van der Waals surface area contributed by atoms with Gasteiger partial charge < -0.3 is 10.1 Å². The van der Waals surface area contributed by atoms with Crippen LogP contribution in [0, 0.1) is 0 Å². The minimum Gasteiger partial charge on any atom is -0.491 e. The molecule has 1 aromatic carbocycles. The number of nitrogens with zero attached hydrogens (tertiary/aromatic N) is 3. The molecule has 0 aliphatic heterocycles. The number of thioether (sulfide) groups is 1. The van der Waals surface area contributed by atoms with Gasteiger partial charge in [0.25, 0.3) is 0 Å². The van der Waals surface area contributed by atoms with Crippen molar-refractivity contribution in [2.45, 2.75) is 32.4 Å². The van der Waals surface area contributed by atoms with E-state index in [1.54, 1.807) is 40.4 Å². The highest BCUT2D eigenvalue weighted by molar-refractivity contribution is 7.98. The summed E-state index contributed by atoms with van der Waals surface area (Å²) in [6.07, 6.45) is 4.39. The van der Waals surface area contributed by atoms with Crippen LogP contribution in [0.2, 0.25) is 0 Å². The molecule has 0 aliphatic rings. The summed E-state index contributed by atoms with van der Waals surface area (Å²) in [5, 5.41) is 11.1. The number of benzene rings is 1. The van der Waals surface area contributed by atoms with Crippen LogP contribution in [0.5, 0.6) is 5.75 Å². The molecule has 9 nitrogen and oxygen atoms in total. The average molecular weight is 478 g/mol.